The Hall–Kier alpha value is -1.79. The molecule has 1 heterocycles. The van der Waals surface area contributed by atoms with Gasteiger partial charge < -0.3 is 20.1 Å². The van der Waals surface area contributed by atoms with Crippen molar-refractivity contribution in [2.75, 3.05) is 33.3 Å². The van der Waals surface area contributed by atoms with Gasteiger partial charge in [-0.25, -0.2) is 4.79 Å². The molecule has 1 aromatic carbocycles. The SMILES string of the molecule is COC(=O)c1cc(O)cc(C(=O)N2CCCNCC2)c1.Cl. The highest BCUT2D eigenvalue weighted by molar-refractivity contribution is 5.98. The summed E-state index contributed by atoms with van der Waals surface area (Å²) in [5.41, 5.74) is 0.469. The number of hydrogen-bond donors (Lipinski definition) is 2. The van der Waals surface area contributed by atoms with Gasteiger partial charge in [0.2, 0.25) is 0 Å². The van der Waals surface area contributed by atoms with Crippen LogP contribution in [0.1, 0.15) is 27.1 Å². The largest absolute Gasteiger partial charge is 0.508 e. The maximum Gasteiger partial charge on any atom is 0.338 e. The number of esters is 1. The molecule has 1 saturated heterocycles. The summed E-state index contributed by atoms with van der Waals surface area (Å²) >= 11 is 0. The number of benzene rings is 1. The van der Waals surface area contributed by atoms with Gasteiger partial charge in [-0.1, -0.05) is 0 Å². The summed E-state index contributed by atoms with van der Waals surface area (Å²) in [7, 11) is 1.26. The van der Waals surface area contributed by atoms with Gasteiger partial charge in [0, 0.05) is 25.2 Å². The second-order valence-electron chi connectivity index (χ2n) is 4.66. The van der Waals surface area contributed by atoms with Crippen molar-refractivity contribution in [3.8, 4) is 5.75 Å². The molecule has 6 nitrogen and oxygen atoms in total. The van der Waals surface area contributed by atoms with Crippen LogP contribution >= 0.6 is 12.4 Å². The Kier molecular flexibility index (Phi) is 6.45. The van der Waals surface area contributed by atoms with Crippen molar-refractivity contribution in [3.63, 3.8) is 0 Å². The molecule has 2 N–H and O–H groups in total. The molecule has 1 aliphatic rings. The number of rotatable bonds is 2. The number of aromatic hydroxyl groups is 1. The third-order valence-corrected chi connectivity index (χ3v) is 3.21. The molecule has 0 atom stereocenters. The van der Waals surface area contributed by atoms with E-state index in [-0.39, 0.29) is 29.6 Å². The van der Waals surface area contributed by atoms with E-state index < -0.39 is 5.97 Å². The van der Waals surface area contributed by atoms with Gasteiger partial charge in [0.1, 0.15) is 5.75 Å². The summed E-state index contributed by atoms with van der Waals surface area (Å²) in [6.45, 7) is 2.91. The Morgan fingerprint density at radius 2 is 1.90 bits per heavy atom. The van der Waals surface area contributed by atoms with E-state index in [9.17, 15) is 14.7 Å². The first-order chi connectivity index (χ1) is 9.61. The van der Waals surface area contributed by atoms with Crippen molar-refractivity contribution in [1.29, 1.82) is 0 Å². The van der Waals surface area contributed by atoms with Gasteiger partial charge in [-0.15, -0.1) is 12.4 Å². The Balaban J connectivity index is 0.00000220. The summed E-state index contributed by atoms with van der Waals surface area (Å²) in [6, 6.07) is 4.10. The van der Waals surface area contributed by atoms with E-state index >= 15 is 0 Å². The topological polar surface area (TPSA) is 78.9 Å². The minimum atomic E-state index is -0.576. The summed E-state index contributed by atoms with van der Waals surface area (Å²) < 4.78 is 4.61. The van der Waals surface area contributed by atoms with Crippen LogP contribution in [0.3, 0.4) is 0 Å². The van der Waals surface area contributed by atoms with Crippen molar-refractivity contribution in [1.82, 2.24) is 10.2 Å². The Morgan fingerprint density at radius 1 is 1.19 bits per heavy atom. The first-order valence-electron chi connectivity index (χ1n) is 6.54. The fourth-order valence-corrected chi connectivity index (χ4v) is 2.20. The van der Waals surface area contributed by atoms with Crippen molar-refractivity contribution >= 4 is 24.3 Å². The molecule has 0 aliphatic carbocycles. The maximum atomic E-state index is 12.4. The second kappa shape index (κ2) is 7.85. The molecule has 0 aromatic heterocycles. The lowest BCUT2D eigenvalue weighted by Gasteiger charge is -2.20. The molecule has 21 heavy (non-hydrogen) atoms. The van der Waals surface area contributed by atoms with Crippen LogP contribution in [0.4, 0.5) is 0 Å². The highest BCUT2D eigenvalue weighted by atomic mass is 35.5. The zero-order valence-corrected chi connectivity index (χ0v) is 12.6. The molecular weight excluding hydrogens is 296 g/mol. The number of methoxy groups -OCH3 is 1. The highest BCUT2D eigenvalue weighted by Crippen LogP contribution is 2.18. The number of nitrogens with zero attached hydrogens (tertiary/aromatic N) is 1. The van der Waals surface area contributed by atoms with E-state index in [1.54, 1.807) is 4.90 Å². The van der Waals surface area contributed by atoms with Crippen LogP contribution in [0.15, 0.2) is 18.2 Å². The minimum Gasteiger partial charge on any atom is -0.508 e. The molecule has 0 unspecified atom stereocenters. The molecule has 1 aromatic rings. The van der Waals surface area contributed by atoms with E-state index in [1.807, 2.05) is 0 Å². The number of hydrogen-bond acceptors (Lipinski definition) is 5. The lowest BCUT2D eigenvalue weighted by atomic mass is 10.1. The molecule has 0 spiro atoms. The lowest BCUT2D eigenvalue weighted by Crippen LogP contribution is -2.34. The number of ether oxygens (including phenoxy) is 1. The normalized spacial score (nSPS) is 14.8. The van der Waals surface area contributed by atoms with E-state index in [2.05, 4.69) is 10.1 Å². The first kappa shape index (κ1) is 17.3. The van der Waals surface area contributed by atoms with Crippen LogP contribution in [0.25, 0.3) is 0 Å². The number of phenols is 1. The number of phenolic OH excluding ortho intramolecular Hbond substituents is 1. The van der Waals surface area contributed by atoms with Crippen molar-refractivity contribution in [2.45, 2.75) is 6.42 Å². The fraction of sp³-hybridized carbons (Fsp3) is 0.429. The molecule has 1 aliphatic heterocycles. The van der Waals surface area contributed by atoms with Gasteiger partial charge >= 0.3 is 5.97 Å². The van der Waals surface area contributed by atoms with Crippen LogP contribution < -0.4 is 5.32 Å². The number of amides is 1. The van der Waals surface area contributed by atoms with Gasteiger partial charge in [0.25, 0.3) is 5.91 Å². The van der Waals surface area contributed by atoms with Crippen molar-refractivity contribution in [3.05, 3.63) is 29.3 Å². The molecule has 0 radical (unpaired) electrons. The summed E-state index contributed by atoms with van der Waals surface area (Å²) in [5, 5.41) is 12.9. The third-order valence-electron chi connectivity index (χ3n) is 3.21. The molecule has 7 heteroatoms. The second-order valence-corrected chi connectivity index (χ2v) is 4.66. The molecule has 0 bridgehead atoms. The summed E-state index contributed by atoms with van der Waals surface area (Å²) in [5.74, 6) is -0.883. The molecule has 1 amide bonds. The molecule has 1 fully saturated rings. The van der Waals surface area contributed by atoms with E-state index in [1.165, 1.54) is 25.3 Å². The smallest absolute Gasteiger partial charge is 0.338 e. The van der Waals surface area contributed by atoms with E-state index in [0.29, 0.717) is 18.7 Å². The molecular formula is C14H19ClN2O4. The fourth-order valence-electron chi connectivity index (χ4n) is 2.20. The molecule has 0 saturated carbocycles. The van der Waals surface area contributed by atoms with Gasteiger partial charge in [0.05, 0.1) is 12.7 Å². The average molecular weight is 315 g/mol. The van der Waals surface area contributed by atoms with Crippen LogP contribution in [0.5, 0.6) is 5.75 Å². The number of carbonyl (C=O) groups excluding carboxylic acids is 2. The lowest BCUT2D eigenvalue weighted by molar-refractivity contribution is 0.0600. The predicted molar refractivity (Wildman–Crippen MR) is 80.1 cm³/mol. The Bertz CT molecular complexity index is 514. The van der Waals surface area contributed by atoms with E-state index in [4.69, 9.17) is 0 Å². The summed E-state index contributed by atoms with van der Waals surface area (Å²) in [4.78, 5) is 25.6. The van der Waals surface area contributed by atoms with Crippen LogP contribution in [-0.2, 0) is 4.74 Å². The zero-order chi connectivity index (χ0) is 14.5. The van der Waals surface area contributed by atoms with Gasteiger partial charge in [-0.2, -0.15) is 0 Å². The van der Waals surface area contributed by atoms with Gasteiger partial charge in [-0.05, 0) is 31.2 Å². The quantitative estimate of drug-likeness (QED) is 0.797. The maximum absolute atomic E-state index is 12.4. The van der Waals surface area contributed by atoms with Crippen LogP contribution in [-0.4, -0.2) is 55.2 Å². The van der Waals surface area contributed by atoms with Crippen molar-refractivity contribution in [2.24, 2.45) is 0 Å². The van der Waals surface area contributed by atoms with Gasteiger partial charge in [-0.3, -0.25) is 4.79 Å². The van der Waals surface area contributed by atoms with Crippen LogP contribution in [0.2, 0.25) is 0 Å². The van der Waals surface area contributed by atoms with E-state index in [0.717, 1.165) is 19.5 Å². The molecule has 2 rings (SSSR count). The first-order valence-corrected chi connectivity index (χ1v) is 6.54. The molecule has 116 valence electrons. The number of nitrogens with one attached hydrogen (secondary N) is 1. The predicted octanol–water partition coefficient (Wildman–Crippen LogP) is 1.04. The van der Waals surface area contributed by atoms with Crippen LogP contribution in [0, 0.1) is 0 Å². The zero-order valence-electron chi connectivity index (χ0n) is 11.8. The third kappa shape index (κ3) is 4.34. The van der Waals surface area contributed by atoms with Gasteiger partial charge in [0.15, 0.2) is 0 Å². The average Bonchev–Trinajstić information content (AvgIpc) is 2.74. The Labute approximate surface area is 129 Å². The number of halogens is 1. The minimum absolute atomic E-state index is 0. The highest BCUT2D eigenvalue weighted by Gasteiger charge is 2.19. The summed E-state index contributed by atoms with van der Waals surface area (Å²) in [6.07, 6.45) is 0.883. The van der Waals surface area contributed by atoms with Crippen molar-refractivity contribution < 1.29 is 19.4 Å². The Morgan fingerprint density at radius 3 is 2.62 bits per heavy atom. The number of carbonyl (C=O) groups is 2. The standard InChI is InChI=1S/C14H18N2O4.ClH/c1-20-14(19)11-7-10(8-12(17)9-11)13(18)16-5-2-3-15-4-6-16;/h7-9,15,17H,2-6H2,1H3;1H. The monoisotopic (exact) mass is 314 g/mol.